The second kappa shape index (κ2) is 12.8. The van der Waals surface area contributed by atoms with Gasteiger partial charge in [-0.3, -0.25) is 0 Å². The Morgan fingerprint density at radius 3 is 2.29 bits per heavy atom. The van der Waals surface area contributed by atoms with Crippen molar-refractivity contribution in [3.05, 3.63) is 34.0 Å². The number of aryl methyl sites for hydroxylation is 2. The topological polar surface area (TPSA) is 21.6 Å². The predicted molar refractivity (Wildman–Crippen MR) is 139 cm³/mol. The SMILES string of the molecule is CCCCCCCCCCCCc1ccsc1-c1cc(CCC2=NC(C)(C)CO2)cs1. The second-order valence-electron chi connectivity index (χ2n) is 9.63. The first-order valence-corrected chi connectivity index (χ1v) is 14.2. The van der Waals surface area contributed by atoms with E-state index in [1.807, 2.05) is 22.7 Å². The fourth-order valence-corrected chi connectivity index (χ4v) is 6.29. The Bertz CT molecular complexity index is 802. The van der Waals surface area contributed by atoms with Crippen LogP contribution in [0.15, 0.2) is 27.9 Å². The van der Waals surface area contributed by atoms with Crippen LogP contribution < -0.4 is 0 Å². The molecule has 3 heterocycles. The molecule has 0 N–H and O–H groups in total. The zero-order valence-electron chi connectivity index (χ0n) is 19.9. The molecular weight excluding hydrogens is 418 g/mol. The largest absolute Gasteiger partial charge is 0.478 e. The van der Waals surface area contributed by atoms with Crippen LogP contribution in [0.1, 0.15) is 103 Å². The molecule has 0 saturated carbocycles. The average Bonchev–Trinajstić information content (AvgIpc) is 3.47. The van der Waals surface area contributed by atoms with Gasteiger partial charge in [0.2, 0.25) is 0 Å². The molecule has 0 aliphatic carbocycles. The van der Waals surface area contributed by atoms with Gasteiger partial charge in [-0.25, -0.2) is 4.99 Å². The predicted octanol–water partition coefficient (Wildman–Crippen LogP) is 9.08. The Labute approximate surface area is 198 Å². The van der Waals surface area contributed by atoms with Crippen LogP contribution in [0.4, 0.5) is 0 Å². The molecule has 0 unspecified atom stereocenters. The van der Waals surface area contributed by atoms with Crippen LogP contribution in [0, 0.1) is 0 Å². The molecule has 172 valence electrons. The van der Waals surface area contributed by atoms with Crippen LogP contribution in [0.2, 0.25) is 0 Å². The number of rotatable bonds is 15. The number of thiophene rings is 2. The summed E-state index contributed by atoms with van der Waals surface area (Å²) in [6.07, 6.45) is 17.2. The third-order valence-electron chi connectivity index (χ3n) is 6.07. The minimum Gasteiger partial charge on any atom is -0.478 e. The number of hydrogen-bond donors (Lipinski definition) is 0. The summed E-state index contributed by atoms with van der Waals surface area (Å²) in [5.74, 6) is 0.926. The highest BCUT2D eigenvalue weighted by molar-refractivity contribution is 7.20. The highest BCUT2D eigenvalue weighted by Crippen LogP contribution is 2.35. The number of ether oxygens (including phenoxy) is 1. The van der Waals surface area contributed by atoms with Gasteiger partial charge in [-0.2, -0.15) is 0 Å². The maximum Gasteiger partial charge on any atom is 0.184 e. The van der Waals surface area contributed by atoms with Crippen molar-refractivity contribution in [3.8, 4) is 9.75 Å². The summed E-state index contributed by atoms with van der Waals surface area (Å²) >= 11 is 3.79. The molecule has 0 atom stereocenters. The monoisotopic (exact) mass is 459 g/mol. The minimum absolute atomic E-state index is 0.0460. The lowest BCUT2D eigenvalue weighted by Crippen LogP contribution is -2.17. The van der Waals surface area contributed by atoms with Crippen molar-refractivity contribution in [1.29, 1.82) is 0 Å². The number of hydrogen-bond acceptors (Lipinski definition) is 4. The summed E-state index contributed by atoms with van der Waals surface area (Å²) in [6.45, 7) is 7.28. The van der Waals surface area contributed by atoms with Gasteiger partial charge in [0.05, 0.1) is 5.54 Å². The first kappa shape index (κ1) is 24.5. The molecule has 0 saturated heterocycles. The van der Waals surface area contributed by atoms with E-state index in [-0.39, 0.29) is 5.54 Å². The van der Waals surface area contributed by atoms with Crippen molar-refractivity contribution < 1.29 is 4.74 Å². The van der Waals surface area contributed by atoms with Crippen molar-refractivity contribution in [2.45, 2.75) is 110 Å². The molecule has 2 nitrogen and oxygen atoms in total. The smallest absolute Gasteiger partial charge is 0.184 e. The van der Waals surface area contributed by atoms with Crippen LogP contribution in [0.3, 0.4) is 0 Å². The van der Waals surface area contributed by atoms with Gasteiger partial charge in [0.25, 0.3) is 0 Å². The van der Waals surface area contributed by atoms with E-state index in [0.29, 0.717) is 6.61 Å². The van der Waals surface area contributed by atoms with Crippen LogP contribution in [-0.2, 0) is 17.6 Å². The highest BCUT2D eigenvalue weighted by Gasteiger charge is 2.25. The fraction of sp³-hybridized carbons (Fsp3) is 0.667. The van der Waals surface area contributed by atoms with Gasteiger partial charge in [0.15, 0.2) is 5.90 Å². The van der Waals surface area contributed by atoms with Crippen molar-refractivity contribution in [1.82, 2.24) is 0 Å². The molecule has 0 bridgehead atoms. The lowest BCUT2D eigenvalue weighted by molar-refractivity contribution is 0.274. The van der Waals surface area contributed by atoms with E-state index in [9.17, 15) is 0 Å². The van der Waals surface area contributed by atoms with Crippen molar-refractivity contribution in [2.75, 3.05) is 6.61 Å². The molecule has 2 aromatic rings. The Hall–Kier alpha value is -1.13. The molecule has 4 heteroatoms. The summed E-state index contributed by atoms with van der Waals surface area (Å²) < 4.78 is 5.74. The van der Waals surface area contributed by atoms with Gasteiger partial charge in [-0.15, -0.1) is 22.7 Å². The molecule has 0 radical (unpaired) electrons. The second-order valence-corrected chi connectivity index (χ2v) is 11.5. The summed E-state index contributed by atoms with van der Waals surface area (Å²) in [7, 11) is 0. The zero-order valence-corrected chi connectivity index (χ0v) is 21.5. The van der Waals surface area contributed by atoms with Gasteiger partial charge >= 0.3 is 0 Å². The lowest BCUT2D eigenvalue weighted by atomic mass is 10.0. The summed E-state index contributed by atoms with van der Waals surface area (Å²) in [5.41, 5.74) is 2.91. The highest BCUT2D eigenvalue weighted by atomic mass is 32.1. The van der Waals surface area contributed by atoms with Gasteiger partial charge < -0.3 is 4.74 Å². The van der Waals surface area contributed by atoms with E-state index in [0.717, 1.165) is 18.7 Å². The minimum atomic E-state index is -0.0460. The normalized spacial score (nSPS) is 15.3. The molecule has 0 amide bonds. The average molecular weight is 460 g/mol. The summed E-state index contributed by atoms with van der Waals surface area (Å²) in [5, 5.41) is 4.59. The van der Waals surface area contributed by atoms with Gasteiger partial charge in [0.1, 0.15) is 6.61 Å². The molecule has 2 aromatic heterocycles. The Kier molecular flexibility index (Phi) is 10.1. The van der Waals surface area contributed by atoms with E-state index in [2.05, 4.69) is 48.7 Å². The maximum atomic E-state index is 5.74. The standard InChI is InChI=1S/C27H41NOS2/c1-4-5-6-7-8-9-10-11-12-13-14-23-17-18-30-26(23)24-19-22(20-31-24)15-16-25-28-27(2,3)21-29-25/h17-20H,4-16,21H2,1-3H3. The third-order valence-corrected chi connectivity index (χ3v) is 8.19. The maximum absolute atomic E-state index is 5.74. The Morgan fingerprint density at radius 2 is 1.61 bits per heavy atom. The Balaban J connectivity index is 1.36. The van der Waals surface area contributed by atoms with Crippen molar-refractivity contribution in [3.63, 3.8) is 0 Å². The molecule has 31 heavy (non-hydrogen) atoms. The van der Waals surface area contributed by atoms with Crippen LogP contribution in [0.5, 0.6) is 0 Å². The van der Waals surface area contributed by atoms with Crippen LogP contribution >= 0.6 is 22.7 Å². The first-order valence-electron chi connectivity index (χ1n) is 12.4. The fourth-order valence-electron chi connectivity index (χ4n) is 4.22. The van der Waals surface area contributed by atoms with E-state index in [1.165, 1.54) is 85.9 Å². The zero-order chi connectivity index (χ0) is 21.9. The molecule has 3 rings (SSSR count). The van der Waals surface area contributed by atoms with Gasteiger partial charge in [-0.05, 0) is 67.1 Å². The van der Waals surface area contributed by atoms with Crippen LogP contribution in [-0.4, -0.2) is 18.0 Å². The van der Waals surface area contributed by atoms with E-state index in [1.54, 1.807) is 5.56 Å². The molecule has 0 fully saturated rings. The van der Waals surface area contributed by atoms with Gasteiger partial charge in [0, 0.05) is 16.2 Å². The van der Waals surface area contributed by atoms with Gasteiger partial charge in [-0.1, -0.05) is 64.7 Å². The molecular formula is C27H41NOS2. The van der Waals surface area contributed by atoms with E-state index >= 15 is 0 Å². The molecule has 0 spiro atoms. The number of nitrogens with zero attached hydrogens (tertiary/aromatic N) is 1. The number of aliphatic imine (C=N–C) groups is 1. The molecule has 1 aliphatic rings. The third kappa shape index (κ3) is 8.38. The molecule has 0 aromatic carbocycles. The summed E-state index contributed by atoms with van der Waals surface area (Å²) in [6, 6.07) is 4.73. The molecule has 1 aliphatic heterocycles. The van der Waals surface area contributed by atoms with Crippen molar-refractivity contribution >= 4 is 28.6 Å². The lowest BCUT2D eigenvalue weighted by Gasteiger charge is -2.07. The quantitative estimate of drug-likeness (QED) is 0.243. The Morgan fingerprint density at radius 1 is 0.903 bits per heavy atom. The van der Waals surface area contributed by atoms with Crippen molar-refractivity contribution in [2.24, 2.45) is 4.99 Å². The summed E-state index contributed by atoms with van der Waals surface area (Å²) in [4.78, 5) is 7.60. The van der Waals surface area contributed by atoms with E-state index < -0.39 is 0 Å². The number of unbranched alkanes of at least 4 members (excludes halogenated alkanes) is 9. The van der Waals surface area contributed by atoms with E-state index in [4.69, 9.17) is 4.74 Å². The first-order chi connectivity index (χ1) is 15.1. The van der Waals surface area contributed by atoms with Crippen LogP contribution in [0.25, 0.3) is 9.75 Å².